The summed E-state index contributed by atoms with van der Waals surface area (Å²) in [5.41, 5.74) is 1.41. The van der Waals surface area contributed by atoms with E-state index in [0.717, 1.165) is 10.0 Å². The molecule has 88 valence electrons. The maximum absolute atomic E-state index is 10.7. The summed E-state index contributed by atoms with van der Waals surface area (Å²) in [7, 11) is 1.57. The van der Waals surface area contributed by atoms with Gasteiger partial charge in [-0.1, -0.05) is 6.07 Å². The average molecular weight is 297 g/mol. The van der Waals surface area contributed by atoms with E-state index in [1.165, 1.54) is 6.07 Å². The van der Waals surface area contributed by atoms with Gasteiger partial charge in [-0.2, -0.15) is 5.10 Å². The van der Waals surface area contributed by atoms with Crippen LogP contribution in [0.4, 0.5) is 0 Å². The van der Waals surface area contributed by atoms with Gasteiger partial charge < -0.3 is 9.84 Å². The molecule has 0 saturated carbocycles. The van der Waals surface area contributed by atoms with Crippen molar-refractivity contribution in [1.82, 2.24) is 10.2 Å². The zero-order valence-corrected chi connectivity index (χ0v) is 10.5. The minimum Gasteiger partial charge on any atom is -0.496 e. The fourth-order valence-corrected chi connectivity index (χ4v) is 1.81. The Hall–Kier alpha value is -1.82. The highest BCUT2D eigenvalue weighted by Gasteiger charge is 2.10. The van der Waals surface area contributed by atoms with E-state index >= 15 is 0 Å². The Morgan fingerprint density at radius 2 is 2.24 bits per heavy atom. The standard InChI is InChI=1S/C11H9BrN2O3/c1-17-10-4-6(2-3-7(10)12)8-5-9(11(15)16)14-13-8/h2-5H,1H3,(H,13,14)(H,15,16). The molecule has 0 bridgehead atoms. The van der Waals surface area contributed by atoms with Crippen LogP contribution in [-0.2, 0) is 0 Å². The second-order valence-corrected chi connectivity index (χ2v) is 4.18. The SMILES string of the molecule is COc1cc(-c2cc(C(=O)O)[nH]n2)ccc1Br. The summed E-state index contributed by atoms with van der Waals surface area (Å²) in [6, 6.07) is 6.91. The number of rotatable bonds is 3. The molecule has 0 radical (unpaired) electrons. The van der Waals surface area contributed by atoms with Crippen LogP contribution < -0.4 is 4.74 Å². The van der Waals surface area contributed by atoms with Crippen LogP contribution in [0.5, 0.6) is 5.75 Å². The van der Waals surface area contributed by atoms with Gasteiger partial charge in [0.1, 0.15) is 11.4 Å². The van der Waals surface area contributed by atoms with Crippen molar-refractivity contribution in [2.45, 2.75) is 0 Å². The molecule has 1 aromatic heterocycles. The molecule has 2 rings (SSSR count). The largest absolute Gasteiger partial charge is 0.496 e. The zero-order valence-electron chi connectivity index (χ0n) is 8.90. The van der Waals surface area contributed by atoms with Gasteiger partial charge in [0, 0.05) is 5.56 Å². The number of carboxylic acid groups (broad SMARTS) is 1. The highest BCUT2D eigenvalue weighted by molar-refractivity contribution is 9.10. The van der Waals surface area contributed by atoms with Crippen molar-refractivity contribution in [3.63, 3.8) is 0 Å². The van der Waals surface area contributed by atoms with E-state index in [2.05, 4.69) is 26.1 Å². The van der Waals surface area contributed by atoms with Gasteiger partial charge in [-0.05, 0) is 34.1 Å². The molecule has 17 heavy (non-hydrogen) atoms. The smallest absolute Gasteiger partial charge is 0.353 e. The third-order valence-electron chi connectivity index (χ3n) is 2.26. The summed E-state index contributed by atoms with van der Waals surface area (Å²) < 4.78 is 5.99. The normalized spacial score (nSPS) is 10.2. The Morgan fingerprint density at radius 1 is 1.47 bits per heavy atom. The average Bonchev–Trinajstić information content (AvgIpc) is 2.79. The zero-order chi connectivity index (χ0) is 12.4. The van der Waals surface area contributed by atoms with Gasteiger partial charge in [-0.25, -0.2) is 4.79 Å². The number of carbonyl (C=O) groups is 1. The lowest BCUT2D eigenvalue weighted by Gasteiger charge is -2.04. The third-order valence-corrected chi connectivity index (χ3v) is 2.91. The Balaban J connectivity index is 2.42. The van der Waals surface area contributed by atoms with Crippen LogP contribution in [0, 0.1) is 0 Å². The molecule has 1 heterocycles. The first-order chi connectivity index (χ1) is 8.11. The highest BCUT2D eigenvalue weighted by atomic mass is 79.9. The van der Waals surface area contributed by atoms with Crippen molar-refractivity contribution in [2.75, 3.05) is 7.11 Å². The Labute approximate surface area is 106 Å². The molecule has 2 aromatic rings. The topological polar surface area (TPSA) is 75.2 Å². The van der Waals surface area contributed by atoms with Crippen molar-refractivity contribution >= 4 is 21.9 Å². The number of hydrogen-bond acceptors (Lipinski definition) is 3. The number of carboxylic acids is 1. The van der Waals surface area contributed by atoms with Crippen molar-refractivity contribution in [3.8, 4) is 17.0 Å². The molecule has 5 nitrogen and oxygen atoms in total. The van der Waals surface area contributed by atoms with Gasteiger partial charge in [0.05, 0.1) is 17.3 Å². The lowest BCUT2D eigenvalue weighted by Crippen LogP contribution is -1.95. The first kappa shape index (κ1) is 11.7. The maximum Gasteiger partial charge on any atom is 0.353 e. The van der Waals surface area contributed by atoms with Crippen LogP contribution in [-0.4, -0.2) is 28.4 Å². The molecule has 0 amide bonds. The van der Waals surface area contributed by atoms with Crippen molar-refractivity contribution in [2.24, 2.45) is 0 Å². The first-order valence-corrected chi connectivity index (χ1v) is 5.53. The van der Waals surface area contributed by atoms with Crippen LogP contribution in [0.1, 0.15) is 10.5 Å². The van der Waals surface area contributed by atoms with Gasteiger partial charge in [0.25, 0.3) is 0 Å². The molecule has 0 saturated heterocycles. The van der Waals surface area contributed by atoms with Crippen LogP contribution in [0.15, 0.2) is 28.7 Å². The molecule has 0 aliphatic heterocycles. The van der Waals surface area contributed by atoms with E-state index in [4.69, 9.17) is 9.84 Å². The number of H-pyrrole nitrogens is 1. The summed E-state index contributed by atoms with van der Waals surface area (Å²) in [6.07, 6.45) is 0. The molecule has 0 aliphatic carbocycles. The number of methoxy groups -OCH3 is 1. The van der Waals surface area contributed by atoms with Gasteiger partial charge in [0.15, 0.2) is 0 Å². The number of ether oxygens (including phenoxy) is 1. The quantitative estimate of drug-likeness (QED) is 0.913. The fourth-order valence-electron chi connectivity index (χ4n) is 1.40. The molecule has 0 atom stereocenters. The molecule has 2 N–H and O–H groups in total. The number of aromatic amines is 1. The van der Waals surface area contributed by atoms with E-state index < -0.39 is 5.97 Å². The Kier molecular flexibility index (Phi) is 3.14. The minimum absolute atomic E-state index is 0.0573. The van der Waals surface area contributed by atoms with Crippen LogP contribution in [0.2, 0.25) is 0 Å². The van der Waals surface area contributed by atoms with Gasteiger partial charge in [-0.15, -0.1) is 0 Å². The highest BCUT2D eigenvalue weighted by Crippen LogP contribution is 2.29. The molecule has 0 aliphatic rings. The molecule has 0 unspecified atom stereocenters. The van der Waals surface area contributed by atoms with Gasteiger partial charge in [0.2, 0.25) is 0 Å². The van der Waals surface area contributed by atoms with E-state index in [1.807, 2.05) is 12.1 Å². The fraction of sp³-hybridized carbons (Fsp3) is 0.0909. The Bertz CT molecular complexity index is 566. The maximum atomic E-state index is 10.7. The second kappa shape index (κ2) is 4.58. The molecule has 0 spiro atoms. The first-order valence-electron chi connectivity index (χ1n) is 4.74. The van der Waals surface area contributed by atoms with E-state index in [1.54, 1.807) is 13.2 Å². The number of aromatic carboxylic acids is 1. The van der Waals surface area contributed by atoms with Gasteiger partial charge in [-0.3, -0.25) is 5.10 Å². The van der Waals surface area contributed by atoms with E-state index in [-0.39, 0.29) is 5.69 Å². The molecule has 0 fully saturated rings. The lowest BCUT2D eigenvalue weighted by atomic mass is 10.1. The van der Waals surface area contributed by atoms with Crippen molar-refractivity contribution in [1.29, 1.82) is 0 Å². The number of nitrogens with zero attached hydrogens (tertiary/aromatic N) is 1. The molecular formula is C11H9BrN2O3. The van der Waals surface area contributed by atoms with Crippen LogP contribution >= 0.6 is 15.9 Å². The summed E-state index contributed by atoms with van der Waals surface area (Å²) in [6.45, 7) is 0. The number of halogens is 1. The number of benzene rings is 1. The predicted octanol–water partition coefficient (Wildman–Crippen LogP) is 2.55. The van der Waals surface area contributed by atoms with Crippen LogP contribution in [0.25, 0.3) is 11.3 Å². The third kappa shape index (κ3) is 2.31. The summed E-state index contributed by atoms with van der Waals surface area (Å²) >= 11 is 3.34. The summed E-state index contributed by atoms with van der Waals surface area (Å²) in [4.78, 5) is 10.7. The summed E-state index contributed by atoms with van der Waals surface area (Å²) in [5.74, 6) is -0.366. The summed E-state index contributed by atoms with van der Waals surface area (Å²) in [5, 5.41) is 15.2. The van der Waals surface area contributed by atoms with Crippen LogP contribution in [0.3, 0.4) is 0 Å². The number of hydrogen-bond donors (Lipinski definition) is 2. The minimum atomic E-state index is -1.03. The predicted molar refractivity (Wildman–Crippen MR) is 65.2 cm³/mol. The van der Waals surface area contributed by atoms with Crippen molar-refractivity contribution in [3.05, 3.63) is 34.4 Å². The number of aromatic nitrogens is 2. The molecular weight excluding hydrogens is 288 g/mol. The Morgan fingerprint density at radius 3 is 2.82 bits per heavy atom. The van der Waals surface area contributed by atoms with Gasteiger partial charge >= 0.3 is 5.97 Å². The molecule has 1 aromatic carbocycles. The van der Waals surface area contributed by atoms with Crippen molar-refractivity contribution < 1.29 is 14.6 Å². The number of nitrogens with one attached hydrogen (secondary N) is 1. The monoisotopic (exact) mass is 296 g/mol. The lowest BCUT2D eigenvalue weighted by molar-refractivity contribution is 0.0690. The van der Waals surface area contributed by atoms with E-state index in [0.29, 0.717) is 11.4 Å². The second-order valence-electron chi connectivity index (χ2n) is 3.32. The van der Waals surface area contributed by atoms with E-state index in [9.17, 15) is 4.79 Å². The molecule has 6 heteroatoms.